The van der Waals surface area contributed by atoms with Crippen LogP contribution in [0.2, 0.25) is 0 Å². The van der Waals surface area contributed by atoms with Crippen LogP contribution in [-0.2, 0) is 11.0 Å². The van der Waals surface area contributed by atoms with Gasteiger partial charge in [0.1, 0.15) is 5.03 Å². The molecule has 26 heavy (non-hydrogen) atoms. The van der Waals surface area contributed by atoms with Gasteiger partial charge in [0.2, 0.25) is 11.7 Å². The summed E-state index contributed by atoms with van der Waals surface area (Å²) in [4.78, 5) is 20.3. The predicted molar refractivity (Wildman–Crippen MR) is 96.1 cm³/mol. The molecule has 0 saturated carbocycles. The van der Waals surface area contributed by atoms with Crippen molar-refractivity contribution in [2.45, 2.75) is 24.2 Å². The number of aromatic nitrogens is 2. The summed E-state index contributed by atoms with van der Waals surface area (Å²) in [6.07, 6.45) is -4.64. The fourth-order valence-electron chi connectivity index (χ4n) is 2.31. The number of amides is 1. The third-order valence-corrected chi connectivity index (χ3v) is 5.56. The van der Waals surface area contributed by atoms with E-state index >= 15 is 0 Å². The molecule has 1 amide bonds. The Morgan fingerprint density at radius 3 is 2.69 bits per heavy atom. The Labute approximate surface area is 155 Å². The van der Waals surface area contributed by atoms with Crippen molar-refractivity contribution in [1.82, 2.24) is 15.3 Å². The molecule has 1 atom stereocenters. The molecule has 9 heteroatoms. The number of hydrogen-bond acceptors (Lipinski definition) is 5. The summed E-state index contributed by atoms with van der Waals surface area (Å²) in [5.41, 5.74) is 0.199. The number of para-hydroxylation sites is 1. The zero-order valence-electron chi connectivity index (χ0n) is 13.6. The summed E-state index contributed by atoms with van der Waals surface area (Å²) in [6, 6.07) is 10.1. The van der Waals surface area contributed by atoms with E-state index in [2.05, 4.69) is 15.3 Å². The summed E-state index contributed by atoms with van der Waals surface area (Å²) >= 11 is 2.49. The summed E-state index contributed by atoms with van der Waals surface area (Å²) in [5, 5.41) is 5.38. The molecule has 4 nitrogen and oxygen atoms in total. The molecule has 136 valence electrons. The van der Waals surface area contributed by atoms with Crippen LogP contribution in [0.25, 0.3) is 10.9 Å². The summed E-state index contributed by atoms with van der Waals surface area (Å²) in [7, 11) is 0. The molecule has 0 bridgehead atoms. The first-order chi connectivity index (χ1) is 12.3. The Bertz CT molecular complexity index is 913. The quantitative estimate of drug-likeness (QED) is 0.502. The van der Waals surface area contributed by atoms with Gasteiger partial charge in [0.05, 0.1) is 17.3 Å². The van der Waals surface area contributed by atoms with Gasteiger partial charge >= 0.3 is 6.18 Å². The van der Waals surface area contributed by atoms with Gasteiger partial charge in [0.25, 0.3) is 0 Å². The second-order valence-corrected chi connectivity index (χ2v) is 7.40. The van der Waals surface area contributed by atoms with Gasteiger partial charge in [-0.25, -0.2) is 9.97 Å². The van der Waals surface area contributed by atoms with Crippen LogP contribution in [0.4, 0.5) is 13.2 Å². The third-order valence-electron chi connectivity index (χ3n) is 3.51. The monoisotopic (exact) mass is 397 g/mol. The highest BCUT2D eigenvalue weighted by Crippen LogP contribution is 2.32. The number of halogens is 3. The van der Waals surface area contributed by atoms with Gasteiger partial charge in [-0.05, 0) is 24.4 Å². The lowest BCUT2D eigenvalue weighted by Crippen LogP contribution is -2.27. The van der Waals surface area contributed by atoms with Crippen LogP contribution in [0.1, 0.15) is 23.7 Å². The summed E-state index contributed by atoms with van der Waals surface area (Å²) < 4.78 is 39.0. The number of nitrogens with zero attached hydrogens (tertiary/aromatic N) is 2. The number of fused-ring (bicyclic) bond motifs is 1. The second-order valence-electron chi connectivity index (χ2n) is 5.46. The van der Waals surface area contributed by atoms with E-state index in [0.717, 1.165) is 16.6 Å². The number of rotatable bonds is 5. The molecule has 0 radical (unpaired) electrons. The van der Waals surface area contributed by atoms with E-state index in [1.165, 1.54) is 17.4 Å². The van der Waals surface area contributed by atoms with Crippen molar-refractivity contribution in [2.24, 2.45) is 0 Å². The van der Waals surface area contributed by atoms with Gasteiger partial charge in [-0.2, -0.15) is 13.2 Å². The van der Waals surface area contributed by atoms with E-state index in [1.54, 1.807) is 18.2 Å². The molecule has 0 aliphatic rings. The SMILES string of the molecule is CC(NC(=O)CSc1nc(C(F)(F)F)nc2ccccc12)c1cccs1. The predicted octanol–water partition coefficient (Wildman–Crippen LogP) is 4.68. The highest BCUT2D eigenvalue weighted by atomic mass is 32.2. The molecule has 0 fully saturated rings. The Morgan fingerprint density at radius 1 is 1.23 bits per heavy atom. The molecular formula is C17H14F3N3OS2. The highest BCUT2D eigenvalue weighted by molar-refractivity contribution is 8.00. The van der Waals surface area contributed by atoms with Gasteiger partial charge in [-0.1, -0.05) is 36.0 Å². The van der Waals surface area contributed by atoms with E-state index in [-0.39, 0.29) is 28.2 Å². The van der Waals surface area contributed by atoms with Gasteiger partial charge in [0, 0.05) is 10.3 Å². The van der Waals surface area contributed by atoms with Crippen LogP contribution in [0.3, 0.4) is 0 Å². The number of carbonyl (C=O) groups excluding carboxylic acids is 1. The lowest BCUT2D eigenvalue weighted by Gasteiger charge is -2.13. The topological polar surface area (TPSA) is 54.9 Å². The maximum absolute atomic E-state index is 13.0. The Balaban J connectivity index is 1.76. The van der Waals surface area contributed by atoms with E-state index in [1.807, 2.05) is 24.4 Å². The molecule has 0 spiro atoms. The molecular weight excluding hydrogens is 383 g/mol. The molecule has 1 aromatic carbocycles. The van der Waals surface area contributed by atoms with Gasteiger partial charge in [-0.15, -0.1) is 11.3 Å². The zero-order valence-corrected chi connectivity index (χ0v) is 15.2. The van der Waals surface area contributed by atoms with Gasteiger partial charge in [0.15, 0.2) is 0 Å². The van der Waals surface area contributed by atoms with Crippen molar-refractivity contribution >= 4 is 39.9 Å². The molecule has 2 aromatic heterocycles. The maximum Gasteiger partial charge on any atom is 0.451 e. The van der Waals surface area contributed by atoms with Crippen LogP contribution in [0, 0.1) is 0 Å². The molecule has 0 saturated heterocycles. The van der Waals surface area contributed by atoms with Crippen molar-refractivity contribution in [3.8, 4) is 0 Å². The fourth-order valence-corrected chi connectivity index (χ4v) is 3.87. The zero-order chi connectivity index (χ0) is 18.7. The molecule has 0 aliphatic carbocycles. The van der Waals surface area contributed by atoms with Crippen molar-refractivity contribution in [3.05, 3.63) is 52.5 Å². The average molecular weight is 397 g/mol. The van der Waals surface area contributed by atoms with Crippen LogP contribution in [0.5, 0.6) is 0 Å². The van der Waals surface area contributed by atoms with E-state index < -0.39 is 12.0 Å². The number of hydrogen-bond donors (Lipinski definition) is 1. The summed E-state index contributed by atoms with van der Waals surface area (Å²) in [5.74, 6) is -1.51. The van der Waals surface area contributed by atoms with Crippen LogP contribution >= 0.6 is 23.1 Å². The minimum atomic E-state index is -4.64. The number of benzene rings is 1. The van der Waals surface area contributed by atoms with E-state index in [9.17, 15) is 18.0 Å². The fraction of sp³-hybridized carbons (Fsp3) is 0.235. The Morgan fingerprint density at radius 2 is 2.00 bits per heavy atom. The minimum absolute atomic E-state index is 0.0337. The molecule has 3 rings (SSSR count). The normalized spacial score (nSPS) is 12.9. The highest BCUT2D eigenvalue weighted by Gasteiger charge is 2.35. The van der Waals surface area contributed by atoms with Crippen molar-refractivity contribution in [1.29, 1.82) is 0 Å². The number of nitrogens with one attached hydrogen (secondary N) is 1. The standard InChI is InChI=1S/C17H14F3N3OS2/c1-10(13-7-4-8-25-13)21-14(24)9-26-15-11-5-2-3-6-12(11)22-16(23-15)17(18,19)20/h2-8,10H,9H2,1H3,(H,21,24). The average Bonchev–Trinajstić information content (AvgIpc) is 3.13. The smallest absolute Gasteiger partial charge is 0.348 e. The Kier molecular flexibility index (Phi) is 5.47. The lowest BCUT2D eigenvalue weighted by atomic mass is 10.2. The Hall–Kier alpha value is -2.13. The minimum Gasteiger partial charge on any atom is -0.348 e. The molecule has 2 heterocycles. The summed E-state index contributed by atoms with van der Waals surface area (Å²) in [6.45, 7) is 1.86. The molecule has 1 unspecified atom stereocenters. The van der Waals surface area contributed by atoms with Crippen LogP contribution in [0.15, 0.2) is 46.8 Å². The second kappa shape index (κ2) is 7.63. The van der Waals surface area contributed by atoms with Crippen molar-refractivity contribution in [3.63, 3.8) is 0 Å². The maximum atomic E-state index is 13.0. The van der Waals surface area contributed by atoms with Crippen molar-refractivity contribution in [2.75, 3.05) is 5.75 Å². The first-order valence-electron chi connectivity index (χ1n) is 7.64. The molecule has 1 N–H and O–H groups in total. The number of alkyl halides is 3. The first kappa shape index (κ1) is 18.7. The van der Waals surface area contributed by atoms with E-state index in [4.69, 9.17) is 0 Å². The number of carbonyl (C=O) groups is 1. The lowest BCUT2D eigenvalue weighted by molar-refractivity contribution is -0.145. The molecule has 0 aliphatic heterocycles. The molecule has 3 aromatic rings. The largest absolute Gasteiger partial charge is 0.451 e. The van der Waals surface area contributed by atoms with Gasteiger partial charge < -0.3 is 5.32 Å². The van der Waals surface area contributed by atoms with Crippen molar-refractivity contribution < 1.29 is 18.0 Å². The first-order valence-corrected chi connectivity index (χ1v) is 9.50. The van der Waals surface area contributed by atoms with Crippen LogP contribution in [-0.4, -0.2) is 21.6 Å². The number of thioether (sulfide) groups is 1. The van der Waals surface area contributed by atoms with Gasteiger partial charge in [-0.3, -0.25) is 4.79 Å². The van der Waals surface area contributed by atoms with E-state index in [0.29, 0.717) is 5.39 Å². The third kappa shape index (κ3) is 4.34. The number of thiophene rings is 1. The van der Waals surface area contributed by atoms with Crippen LogP contribution < -0.4 is 5.32 Å².